The molecule has 0 aromatic carbocycles. The van der Waals surface area contributed by atoms with Gasteiger partial charge in [-0.05, 0) is 31.1 Å². The zero-order valence-corrected chi connectivity index (χ0v) is 9.78. The predicted molar refractivity (Wildman–Crippen MR) is 61.6 cm³/mol. The van der Waals surface area contributed by atoms with Gasteiger partial charge in [-0.15, -0.1) is 0 Å². The van der Waals surface area contributed by atoms with Crippen molar-refractivity contribution in [2.24, 2.45) is 11.8 Å². The van der Waals surface area contributed by atoms with Gasteiger partial charge in [0.05, 0.1) is 0 Å². The maximum Gasteiger partial charge on any atom is 0.217 e. The third-order valence-electron chi connectivity index (χ3n) is 3.16. The third-order valence-corrected chi connectivity index (χ3v) is 3.16. The van der Waals surface area contributed by atoms with E-state index < -0.39 is 5.95 Å². The second-order valence-corrected chi connectivity index (χ2v) is 4.98. The summed E-state index contributed by atoms with van der Waals surface area (Å²) in [6.07, 6.45) is 4.82. The molecule has 0 aliphatic heterocycles. The van der Waals surface area contributed by atoms with E-state index in [4.69, 9.17) is 0 Å². The van der Waals surface area contributed by atoms with Crippen LogP contribution < -0.4 is 5.32 Å². The molecule has 0 saturated heterocycles. The highest BCUT2D eigenvalue weighted by Gasteiger charge is 2.23. The second-order valence-electron chi connectivity index (χ2n) is 4.98. The average molecular weight is 223 g/mol. The lowest BCUT2D eigenvalue weighted by Crippen LogP contribution is -2.30. The van der Waals surface area contributed by atoms with Crippen molar-refractivity contribution < 1.29 is 4.39 Å². The second kappa shape index (κ2) is 4.76. The Morgan fingerprint density at radius 3 is 2.50 bits per heavy atom. The van der Waals surface area contributed by atoms with Gasteiger partial charge < -0.3 is 5.32 Å². The van der Waals surface area contributed by atoms with Gasteiger partial charge in [0.2, 0.25) is 5.95 Å². The van der Waals surface area contributed by atoms with Gasteiger partial charge in [-0.25, -0.2) is 9.97 Å². The topological polar surface area (TPSA) is 37.8 Å². The smallest absolute Gasteiger partial charge is 0.217 e. The van der Waals surface area contributed by atoms with Crippen LogP contribution in [0.3, 0.4) is 0 Å². The monoisotopic (exact) mass is 223 g/mol. The Kier molecular flexibility index (Phi) is 3.36. The first-order valence-corrected chi connectivity index (χ1v) is 5.87. The largest absolute Gasteiger partial charge is 0.367 e. The van der Waals surface area contributed by atoms with E-state index in [1.54, 1.807) is 0 Å². The third kappa shape index (κ3) is 2.90. The maximum absolute atomic E-state index is 12.9. The predicted octanol–water partition coefficient (Wildman–Crippen LogP) is 2.85. The van der Waals surface area contributed by atoms with Crippen LogP contribution in [0.1, 0.15) is 33.1 Å². The highest BCUT2D eigenvalue weighted by molar-refractivity contribution is 5.33. The normalized spacial score (nSPS) is 30.1. The van der Waals surface area contributed by atoms with Crippen LogP contribution in [-0.2, 0) is 0 Å². The zero-order chi connectivity index (χ0) is 11.5. The molecule has 1 fully saturated rings. The molecule has 0 bridgehead atoms. The quantitative estimate of drug-likeness (QED) is 0.783. The summed E-state index contributed by atoms with van der Waals surface area (Å²) < 4.78 is 12.9. The van der Waals surface area contributed by atoms with Crippen molar-refractivity contribution >= 4 is 5.82 Å². The number of hydrogen-bond donors (Lipinski definition) is 1. The van der Waals surface area contributed by atoms with Crippen LogP contribution in [0.15, 0.2) is 12.4 Å². The molecule has 2 rings (SSSR count). The fraction of sp³-hybridized carbons (Fsp3) is 0.667. The van der Waals surface area contributed by atoms with E-state index in [-0.39, 0.29) is 0 Å². The lowest BCUT2D eigenvalue weighted by atomic mass is 9.80. The van der Waals surface area contributed by atoms with Crippen molar-refractivity contribution in [3.8, 4) is 0 Å². The SMILES string of the molecule is CC1CC(C)CC(Nc2cc(F)ncn2)C1. The highest BCUT2D eigenvalue weighted by atomic mass is 19.1. The van der Waals surface area contributed by atoms with E-state index in [0.29, 0.717) is 11.9 Å². The molecule has 0 amide bonds. The molecule has 1 saturated carbocycles. The van der Waals surface area contributed by atoms with E-state index in [1.807, 2.05) is 0 Å². The molecule has 4 heteroatoms. The molecule has 1 N–H and O–H groups in total. The van der Waals surface area contributed by atoms with Crippen molar-refractivity contribution in [2.75, 3.05) is 5.32 Å². The van der Waals surface area contributed by atoms with Gasteiger partial charge in [0.15, 0.2) is 0 Å². The highest BCUT2D eigenvalue weighted by Crippen LogP contribution is 2.30. The molecule has 2 atom stereocenters. The van der Waals surface area contributed by atoms with Crippen LogP contribution in [0, 0.1) is 17.8 Å². The summed E-state index contributed by atoms with van der Waals surface area (Å²) in [4.78, 5) is 7.47. The average Bonchev–Trinajstić information content (AvgIpc) is 2.15. The van der Waals surface area contributed by atoms with E-state index >= 15 is 0 Å². The molecule has 0 radical (unpaired) electrons. The zero-order valence-electron chi connectivity index (χ0n) is 9.78. The van der Waals surface area contributed by atoms with Gasteiger partial charge in [0.25, 0.3) is 0 Å². The fourth-order valence-corrected chi connectivity index (χ4v) is 2.69. The number of aromatic nitrogens is 2. The molecule has 16 heavy (non-hydrogen) atoms. The fourth-order valence-electron chi connectivity index (χ4n) is 2.69. The summed E-state index contributed by atoms with van der Waals surface area (Å²) in [5, 5.41) is 3.29. The summed E-state index contributed by atoms with van der Waals surface area (Å²) in [5.41, 5.74) is 0. The first kappa shape index (κ1) is 11.3. The number of nitrogens with zero attached hydrogens (tertiary/aromatic N) is 2. The molecule has 1 aromatic rings. The van der Waals surface area contributed by atoms with Gasteiger partial charge in [-0.1, -0.05) is 13.8 Å². The number of halogens is 1. The van der Waals surface area contributed by atoms with Crippen molar-refractivity contribution in [2.45, 2.75) is 39.2 Å². The van der Waals surface area contributed by atoms with Crippen LogP contribution in [-0.4, -0.2) is 16.0 Å². The Balaban J connectivity index is 1.98. The Labute approximate surface area is 95.5 Å². The van der Waals surface area contributed by atoms with Crippen molar-refractivity contribution in [3.05, 3.63) is 18.3 Å². The summed E-state index contributed by atoms with van der Waals surface area (Å²) in [5.74, 6) is 1.58. The minimum absolute atomic E-state index is 0.410. The van der Waals surface area contributed by atoms with Crippen LogP contribution in [0.25, 0.3) is 0 Å². The van der Waals surface area contributed by atoms with Crippen LogP contribution >= 0.6 is 0 Å². The molecule has 1 heterocycles. The maximum atomic E-state index is 12.9. The van der Waals surface area contributed by atoms with Crippen molar-refractivity contribution in [1.29, 1.82) is 0 Å². The number of hydrogen-bond acceptors (Lipinski definition) is 3. The minimum atomic E-state index is -0.477. The van der Waals surface area contributed by atoms with Gasteiger partial charge in [-0.2, -0.15) is 4.39 Å². The first-order valence-electron chi connectivity index (χ1n) is 5.87. The number of rotatable bonds is 2. The molecule has 0 spiro atoms. The lowest BCUT2D eigenvalue weighted by Gasteiger charge is -2.32. The molecule has 88 valence electrons. The number of anilines is 1. The number of nitrogens with one attached hydrogen (secondary N) is 1. The summed E-state index contributed by atoms with van der Waals surface area (Å²) >= 11 is 0. The first-order chi connectivity index (χ1) is 7.63. The Hall–Kier alpha value is -1.19. The van der Waals surface area contributed by atoms with Crippen LogP contribution in [0.4, 0.5) is 10.2 Å². The van der Waals surface area contributed by atoms with Crippen molar-refractivity contribution in [3.63, 3.8) is 0 Å². The van der Waals surface area contributed by atoms with E-state index in [0.717, 1.165) is 24.7 Å². The van der Waals surface area contributed by atoms with Crippen LogP contribution in [0.5, 0.6) is 0 Å². The molecule has 1 aliphatic carbocycles. The van der Waals surface area contributed by atoms with E-state index in [2.05, 4.69) is 29.1 Å². The van der Waals surface area contributed by atoms with Gasteiger partial charge >= 0.3 is 0 Å². The molecule has 3 nitrogen and oxygen atoms in total. The molecular weight excluding hydrogens is 205 g/mol. The molecule has 2 unspecified atom stereocenters. The van der Waals surface area contributed by atoms with Crippen LogP contribution in [0.2, 0.25) is 0 Å². The van der Waals surface area contributed by atoms with Crippen molar-refractivity contribution in [1.82, 2.24) is 9.97 Å². The molecule has 1 aliphatic rings. The van der Waals surface area contributed by atoms with Gasteiger partial charge in [0, 0.05) is 12.1 Å². The van der Waals surface area contributed by atoms with E-state index in [1.165, 1.54) is 18.8 Å². The summed E-state index contributed by atoms with van der Waals surface area (Å²) in [7, 11) is 0. The standard InChI is InChI=1S/C12H18FN3/c1-8-3-9(2)5-10(4-8)16-12-6-11(13)14-7-15-12/h6-10H,3-5H2,1-2H3,(H,14,15,16). The molecule has 1 aromatic heterocycles. The summed E-state index contributed by atoms with van der Waals surface area (Å²) in [6, 6.07) is 1.76. The Morgan fingerprint density at radius 1 is 1.19 bits per heavy atom. The van der Waals surface area contributed by atoms with E-state index in [9.17, 15) is 4.39 Å². The summed E-state index contributed by atoms with van der Waals surface area (Å²) in [6.45, 7) is 4.54. The Morgan fingerprint density at radius 2 is 1.88 bits per heavy atom. The van der Waals surface area contributed by atoms with Gasteiger partial charge in [0.1, 0.15) is 12.1 Å². The van der Waals surface area contributed by atoms with Gasteiger partial charge in [-0.3, -0.25) is 0 Å². The molecular formula is C12H18FN3. The minimum Gasteiger partial charge on any atom is -0.367 e. The lowest BCUT2D eigenvalue weighted by molar-refractivity contribution is 0.280. The Bertz CT molecular complexity index is 346.